The highest BCUT2D eigenvalue weighted by atomic mass is 79.9. The zero-order valence-corrected chi connectivity index (χ0v) is 16.4. The lowest BCUT2D eigenvalue weighted by molar-refractivity contribution is -0.119. The van der Waals surface area contributed by atoms with Crippen molar-refractivity contribution in [3.63, 3.8) is 0 Å². The Bertz CT molecular complexity index is 974. The number of halogens is 3. The first-order chi connectivity index (χ1) is 12.0. The van der Waals surface area contributed by atoms with Gasteiger partial charge in [-0.25, -0.2) is 4.79 Å². The number of nitrogens with one attached hydrogen (secondary N) is 1. The summed E-state index contributed by atoms with van der Waals surface area (Å²) in [7, 11) is 0. The molecule has 0 aliphatic heterocycles. The molecule has 0 aliphatic carbocycles. The molecule has 3 rings (SSSR count). The van der Waals surface area contributed by atoms with E-state index in [1.807, 2.05) is 6.07 Å². The SMILES string of the molecule is O=C(COC(=O)c1sc2cc(Cl)ccc2c1Cl)Nc1ccccc1Br. The number of fused-ring (bicyclic) bond motifs is 1. The van der Waals surface area contributed by atoms with Gasteiger partial charge in [-0.15, -0.1) is 11.3 Å². The lowest BCUT2D eigenvalue weighted by atomic mass is 10.2. The summed E-state index contributed by atoms with van der Waals surface area (Å²) >= 11 is 16.7. The topological polar surface area (TPSA) is 55.4 Å². The molecule has 0 atom stereocenters. The number of ether oxygens (including phenoxy) is 1. The predicted octanol–water partition coefficient (Wildman–Crippen LogP) is 5.77. The molecule has 0 radical (unpaired) electrons. The molecule has 4 nitrogen and oxygen atoms in total. The fourth-order valence-electron chi connectivity index (χ4n) is 2.12. The zero-order valence-electron chi connectivity index (χ0n) is 12.5. The van der Waals surface area contributed by atoms with Crippen LogP contribution in [-0.2, 0) is 9.53 Å². The Balaban J connectivity index is 1.67. The normalized spacial score (nSPS) is 10.7. The molecule has 1 N–H and O–H groups in total. The molecule has 25 heavy (non-hydrogen) atoms. The fraction of sp³-hybridized carbons (Fsp3) is 0.0588. The minimum atomic E-state index is -0.649. The van der Waals surface area contributed by atoms with Gasteiger partial charge in [0.1, 0.15) is 4.88 Å². The minimum absolute atomic E-state index is 0.243. The van der Waals surface area contributed by atoms with Crippen molar-refractivity contribution in [1.29, 1.82) is 0 Å². The molecular weight excluding hydrogens is 449 g/mol. The van der Waals surface area contributed by atoms with Gasteiger partial charge in [0.15, 0.2) is 6.61 Å². The van der Waals surface area contributed by atoms with E-state index in [4.69, 9.17) is 27.9 Å². The van der Waals surface area contributed by atoms with Gasteiger partial charge in [0.25, 0.3) is 5.91 Å². The number of hydrogen-bond donors (Lipinski definition) is 1. The third-order valence-electron chi connectivity index (χ3n) is 3.26. The zero-order chi connectivity index (χ0) is 18.0. The number of hydrogen-bond acceptors (Lipinski definition) is 4. The molecule has 8 heteroatoms. The number of carbonyl (C=O) groups is 2. The van der Waals surface area contributed by atoms with Gasteiger partial charge in [-0.3, -0.25) is 4.79 Å². The number of benzene rings is 2. The molecule has 1 aromatic heterocycles. The van der Waals surface area contributed by atoms with E-state index in [0.29, 0.717) is 15.7 Å². The Labute approximate surface area is 165 Å². The second-order valence-corrected chi connectivity index (χ2v) is 7.71. The summed E-state index contributed by atoms with van der Waals surface area (Å²) in [6.07, 6.45) is 0. The first-order valence-corrected chi connectivity index (χ1v) is 9.41. The maximum absolute atomic E-state index is 12.2. The van der Waals surface area contributed by atoms with Gasteiger partial charge in [-0.1, -0.05) is 41.4 Å². The second kappa shape index (κ2) is 7.74. The number of esters is 1. The number of carbonyl (C=O) groups excluding carboxylic acids is 2. The average Bonchev–Trinajstić information content (AvgIpc) is 2.91. The highest BCUT2D eigenvalue weighted by molar-refractivity contribution is 9.10. The van der Waals surface area contributed by atoms with Crippen molar-refractivity contribution in [1.82, 2.24) is 0 Å². The summed E-state index contributed by atoms with van der Waals surface area (Å²) in [6, 6.07) is 12.3. The number of thiophene rings is 1. The van der Waals surface area contributed by atoms with Crippen LogP contribution in [0.4, 0.5) is 5.69 Å². The Morgan fingerprint density at radius 2 is 1.92 bits per heavy atom. The van der Waals surface area contributed by atoms with Crippen molar-refractivity contribution in [3.05, 3.63) is 61.9 Å². The van der Waals surface area contributed by atoms with Crippen LogP contribution in [0.15, 0.2) is 46.9 Å². The third kappa shape index (κ3) is 4.15. The summed E-state index contributed by atoms with van der Waals surface area (Å²) in [5.74, 6) is -1.09. The van der Waals surface area contributed by atoms with Crippen molar-refractivity contribution in [2.24, 2.45) is 0 Å². The van der Waals surface area contributed by atoms with Crippen LogP contribution in [0.1, 0.15) is 9.67 Å². The van der Waals surface area contributed by atoms with E-state index in [0.717, 1.165) is 14.6 Å². The van der Waals surface area contributed by atoms with Crippen LogP contribution in [0.25, 0.3) is 10.1 Å². The Morgan fingerprint density at radius 1 is 1.16 bits per heavy atom. The van der Waals surface area contributed by atoms with E-state index in [9.17, 15) is 9.59 Å². The van der Waals surface area contributed by atoms with E-state index in [2.05, 4.69) is 21.2 Å². The molecule has 1 amide bonds. The van der Waals surface area contributed by atoms with Crippen LogP contribution in [0.3, 0.4) is 0 Å². The number of rotatable bonds is 4. The molecular formula is C17H10BrCl2NO3S. The predicted molar refractivity (Wildman–Crippen MR) is 105 cm³/mol. The minimum Gasteiger partial charge on any atom is -0.451 e. The van der Waals surface area contributed by atoms with Crippen LogP contribution < -0.4 is 5.32 Å². The molecule has 2 aromatic carbocycles. The molecule has 128 valence electrons. The highest BCUT2D eigenvalue weighted by Gasteiger charge is 2.19. The summed E-state index contributed by atoms with van der Waals surface area (Å²) in [6.45, 7) is -0.411. The van der Waals surface area contributed by atoms with Crippen LogP contribution in [0.5, 0.6) is 0 Å². The molecule has 0 unspecified atom stereocenters. The monoisotopic (exact) mass is 457 g/mol. The van der Waals surface area contributed by atoms with Crippen molar-refractivity contribution in [2.45, 2.75) is 0 Å². The van der Waals surface area contributed by atoms with E-state index in [1.54, 1.807) is 36.4 Å². The molecule has 0 aliphatic rings. The van der Waals surface area contributed by atoms with Crippen molar-refractivity contribution < 1.29 is 14.3 Å². The van der Waals surface area contributed by atoms with Gasteiger partial charge in [0, 0.05) is 19.6 Å². The van der Waals surface area contributed by atoms with E-state index >= 15 is 0 Å². The quantitative estimate of drug-likeness (QED) is 0.505. The van der Waals surface area contributed by atoms with Crippen molar-refractivity contribution in [2.75, 3.05) is 11.9 Å². The number of anilines is 1. The van der Waals surface area contributed by atoms with Crippen LogP contribution in [-0.4, -0.2) is 18.5 Å². The van der Waals surface area contributed by atoms with Crippen molar-refractivity contribution >= 4 is 78.1 Å². The summed E-state index contributed by atoms with van der Waals surface area (Å²) in [4.78, 5) is 24.4. The maximum Gasteiger partial charge on any atom is 0.350 e. The molecule has 3 aromatic rings. The lowest BCUT2D eigenvalue weighted by Crippen LogP contribution is -2.20. The van der Waals surface area contributed by atoms with Crippen LogP contribution in [0.2, 0.25) is 10.0 Å². The van der Waals surface area contributed by atoms with Gasteiger partial charge >= 0.3 is 5.97 Å². The van der Waals surface area contributed by atoms with E-state index in [-0.39, 0.29) is 4.88 Å². The van der Waals surface area contributed by atoms with Gasteiger partial charge in [0.2, 0.25) is 0 Å². The van der Waals surface area contributed by atoms with Crippen LogP contribution in [0, 0.1) is 0 Å². The first kappa shape index (κ1) is 18.2. The Kier molecular flexibility index (Phi) is 5.64. The third-order valence-corrected chi connectivity index (χ3v) is 5.82. The highest BCUT2D eigenvalue weighted by Crippen LogP contribution is 2.37. The molecule has 0 spiro atoms. The summed E-state index contributed by atoms with van der Waals surface area (Å²) < 4.78 is 6.58. The molecule has 0 saturated heterocycles. The van der Waals surface area contributed by atoms with E-state index < -0.39 is 18.5 Å². The average molecular weight is 459 g/mol. The largest absolute Gasteiger partial charge is 0.451 e. The fourth-order valence-corrected chi connectivity index (χ4v) is 4.18. The van der Waals surface area contributed by atoms with Gasteiger partial charge < -0.3 is 10.1 Å². The maximum atomic E-state index is 12.2. The standard InChI is InChI=1S/C17H10BrCl2NO3S/c18-11-3-1-2-4-12(11)21-14(22)8-24-17(23)16-15(20)10-6-5-9(19)7-13(10)25-16/h1-7H,8H2,(H,21,22). The molecule has 0 saturated carbocycles. The summed E-state index contributed by atoms with van der Waals surface area (Å²) in [5.41, 5.74) is 0.595. The number of para-hydroxylation sites is 1. The van der Waals surface area contributed by atoms with Gasteiger partial charge in [-0.05, 0) is 40.2 Å². The molecule has 0 fully saturated rings. The lowest BCUT2D eigenvalue weighted by Gasteiger charge is -2.07. The van der Waals surface area contributed by atoms with Gasteiger partial charge in [0.05, 0.1) is 10.7 Å². The summed E-state index contributed by atoms with van der Waals surface area (Å²) in [5, 5.41) is 4.23. The van der Waals surface area contributed by atoms with Gasteiger partial charge in [-0.2, -0.15) is 0 Å². The van der Waals surface area contributed by atoms with Crippen molar-refractivity contribution in [3.8, 4) is 0 Å². The second-order valence-electron chi connectivity index (χ2n) is 4.99. The first-order valence-electron chi connectivity index (χ1n) is 7.05. The van der Waals surface area contributed by atoms with E-state index in [1.165, 1.54) is 11.3 Å². The Morgan fingerprint density at radius 3 is 2.68 bits per heavy atom. The smallest absolute Gasteiger partial charge is 0.350 e. The Hall–Kier alpha value is -1.60. The van der Waals surface area contributed by atoms with Crippen LogP contribution >= 0.6 is 50.5 Å². The number of amides is 1. The molecule has 1 heterocycles. The molecule has 0 bridgehead atoms.